The highest BCUT2D eigenvalue weighted by Crippen LogP contribution is 2.20. The van der Waals surface area contributed by atoms with Gasteiger partial charge in [0.25, 0.3) is 0 Å². The minimum Gasteiger partial charge on any atom is -1.00 e. The van der Waals surface area contributed by atoms with Crippen LogP contribution in [0.3, 0.4) is 0 Å². The molecule has 0 saturated carbocycles. The van der Waals surface area contributed by atoms with E-state index in [4.69, 9.17) is 0 Å². The van der Waals surface area contributed by atoms with Crippen molar-refractivity contribution in [1.82, 2.24) is 0 Å². The van der Waals surface area contributed by atoms with E-state index in [0.717, 1.165) is 0 Å². The van der Waals surface area contributed by atoms with Gasteiger partial charge in [0.15, 0.2) is 0 Å². The van der Waals surface area contributed by atoms with Gasteiger partial charge >= 0.3 is 0 Å². The van der Waals surface area contributed by atoms with Gasteiger partial charge in [0.2, 0.25) is 0 Å². The summed E-state index contributed by atoms with van der Waals surface area (Å²) in [5.41, 5.74) is 0. The SMILES string of the molecule is C[N+]1(CC[N+]2(C)CCCCC2)CCCCC1.[Br-]. The van der Waals surface area contributed by atoms with E-state index in [2.05, 4.69) is 14.1 Å². The molecule has 2 fully saturated rings. The van der Waals surface area contributed by atoms with Gasteiger partial charge in [-0.3, -0.25) is 0 Å². The fourth-order valence-electron chi connectivity index (χ4n) is 3.48. The third-order valence-corrected chi connectivity index (χ3v) is 4.97. The Morgan fingerprint density at radius 2 is 0.882 bits per heavy atom. The molecular weight excluding hydrogens is 276 g/mol. The molecule has 2 heterocycles. The Morgan fingerprint density at radius 3 is 1.18 bits per heavy atom. The second-order valence-electron chi connectivity index (χ2n) is 6.70. The zero-order chi connectivity index (χ0) is 11.5. The molecule has 0 spiro atoms. The molecule has 17 heavy (non-hydrogen) atoms. The summed E-state index contributed by atoms with van der Waals surface area (Å²) in [5, 5.41) is 0. The fraction of sp³-hybridized carbons (Fsp3) is 1.00. The summed E-state index contributed by atoms with van der Waals surface area (Å²) in [5.74, 6) is 0. The minimum absolute atomic E-state index is 0. The molecule has 2 nitrogen and oxygen atoms in total. The van der Waals surface area contributed by atoms with Crippen LogP contribution in [0.25, 0.3) is 0 Å². The number of piperidine rings is 2. The first-order chi connectivity index (χ1) is 7.62. The van der Waals surface area contributed by atoms with Gasteiger partial charge in [0.05, 0.1) is 40.3 Å². The predicted molar refractivity (Wildman–Crippen MR) is 69.3 cm³/mol. The third kappa shape index (κ3) is 4.53. The molecule has 0 unspecified atom stereocenters. The molecular formula is C14H30BrN2+. The lowest BCUT2D eigenvalue weighted by Gasteiger charge is -2.43. The van der Waals surface area contributed by atoms with Crippen LogP contribution in [0.4, 0.5) is 0 Å². The van der Waals surface area contributed by atoms with Crippen LogP contribution in [0.15, 0.2) is 0 Å². The zero-order valence-electron chi connectivity index (χ0n) is 11.8. The van der Waals surface area contributed by atoms with E-state index < -0.39 is 0 Å². The van der Waals surface area contributed by atoms with E-state index in [0.29, 0.717) is 0 Å². The summed E-state index contributed by atoms with van der Waals surface area (Å²) in [6.07, 6.45) is 8.78. The molecule has 0 aromatic heterocycles. The maximum atomic E-state index is 2.48. The Hall–Kier alpha value is 0.400. The van der Waals surface area contributed by atoms with E-state index in [-0.39, 0.29) is 17.0 Å². The zero-order valence-corrected chi connectivity index (χ0v) is 13.3. The lowest BCUT2D eigenvalue weighted by atomic mass is 10.1. The molecule has 0 amide bonds. The quantitative estimate of drug-likeness (QED) is 0.602. The number of rotatable bonds is 3. The van der Waals surface area contributed by atoms with Crippen molar-refractivity contribution in [1.29, 1.82) is 0 Å². The van der Waals surface area contributed by atoms with Crippen LogP contribution in [0.2, 0.25) is 0 Å². The second-order valence-corrected chi connectivity index (χ2v) is 6.70. The minimum atomic E-state index is 0. The van der Waals surface area contributed by atoms with Crippen molar-refractivity contribution in [2.45, 2.75) is 38.5 Å². The smallest absolute Gasteiger partial charge is 0.128 e. The molecule has 2 aliphatic heterocycles. The van der Waals surface area contributed by atoms with Crippen LogP contribution in [0.1, 0.15) is 38.5 Å². The van der Waals surface area contributed by atoms with E-state index in [1.807, 2.05) is 0 Å². The van der Waals surface area contributed by atoms with Crippen molar-refractivity contribution in [3.63, 3.8) is 0 Å². The first-order valence-electron chi connectivity index (χ1n) is 7.29. The Labute approximate surface area is 118 Å². The first-order valence-corrected chi connectivity index (χ1v) is 7.29. The van der Waals surface area contributed by atoms with E-state index in [1.165, 1.54) is 86.8 Å². The summed E-state index contributed by atoms with van der Waals surface area (Å²) >= 11 is 0. The van der Waals surface area contributed by atoms with Gasteiger partial charge in [0, 0.05) is 0 Å². The molecule has 0 aromatic carbocycles. The van der Waals surface area contributed by atoms with Crippen molar-refractivity contribution in [2.75, 3.05) is 53.4 Å². The summed E-state index contributed by atoms with van der Waals surface area (Å²) < 4.78 is 2.71. The van der Waals surface area contributed by atoms with Crippen molar-refractivity contribution in [2.24, 2.45) is 0 Å². The van der Waals surface area contributed by atoms with Gasteiger partial charge in [-0.1, -0.05) is 0 Å². The predicted octanol–water partition coefficient (Wildman–Crippen LogP) is -0.749. The average Bonchev–Trinajstić information content (AvgIpc) is 2.29. The van der Waals surface area contributed by atoms with Gasteiger partial charge in [-0.25, -0.2) is 0 Å². The molecule has 0 N–H and O–H groups in total. The Balaban J connectivity index is 0.00000144. The third-order valence-electron chi connectivity index (χ3n) is 4.97. The van der Waals surface area contributed by atoms with Crippen LogP contribution in [-0.2, 0) is 0 Å². The van der Waals surface area contributed by atoms with Gasteiger partial charge in [-0.15, -0.1) is 0 Å². The molecule has 0 radical (unpaired) electrons. The average molecular weight is 306 g/mol. The Morgan fingerprint density at radius 1 is 0.588 bits per heavy atom. The van der Waals surface area contributed by atoms with Crippen molar-refractivity contribution >= 4 is 0 Å². The molecule has 0 aromatic rings. The van der Waals surface area contributed by atoms with Crippen molar-refractivity contribution in [3.8, 4) is 0 Å². The highest BCUT2D eigenvalue weighted by molar-refractivity contribution is 4.55. The van der Waals surface area contributed by atoms with Crippen LogP contribution in [0.5, 0.6) is 0 Å². The summed E-state index contributed by atoms with van der Waals surface area (Å²) in [6, 6.07) is 0. The van der Waals surface area contributed by atoms with Crippen molar-refractivity contribution < 1.29 is 25.9 Å². The highest BCUT2D eigenvalue weighted by Gasteiger charge is 2.31. The van der Waals surface area contributed by atoms with Crippen LogP contribution >= 0.6 is 0 Å². The summed E-state index contributed by atoms with van der Waals surface area (Å²) in [6.45, 7) is 8.55. The van der Waals surface area contributed by atoms with Gasteiger partial charge in [0.1, 0.15) is 13.1 Å². The second kappa shape index (κ2) is 6.53. The van der Waals surface area contributed by atoms with Crippen molar-refractivity contribution in [3.05, 3.63) is 0 Å². The molecule has 2 saturated heterocycles. The molecule has 0 aliphatic carbocycles. The number of nitrogens with zero attached hydrogens (tertiary/aromatic N) is 2. The largest absolute Gasteiger partial charge is 1.00 e. The molecule has 2 aliphatic rings. The number of hydrogen-bond acceptors (Lipinski definition) is 0. The lowest BCUT2D eigenvalue weighted by molar-refractivity contribution is -0.967. The molecule has 0 atom stereocenters. The number of hydrogen-bond donors (Lipinski definition) is 0. The lowest BCUT2D eigenvalue weighted by Crippen LogP contribution is -3.00. The molecule has 3 heteroatoms. The van der Waals surface area contributed by atoms with Gasteiger partial charge < -0.3 is 25.9 Å². The van der Waals surface area contributed by atoms with Gasteiger partial charge in [-0.2, -0.15) is 0 Å². The fourth-order valence-corrected chi connectivity index (χ4v) is 3.48. The highest BCUT2D eigenvalue weighted by atomic mass is 79.9. The number of halogens is 1. The van der Waals surface area contributed by atoms with Crippen LogP contribution < -0.4 is 17.0 Å². The molecule has 102 valence electrons. The molecule has 0 bridgehead atoms. The van der Waals surface area contributed by atoms with E-state index >= 15 is 0 Å². The monoisotopic (exact) mass is 305 g/mol. The number of likely N-dealkylation sites (N-methyl/N-ethyl adjacent to an activating group) is 2. The molecule has 2 rings (SSSR count). The van der Waals surface area contributed by atoms with E-state index in [1.54, 1.807) is 0 Å². The maximum Gasteiger partial charge on any atom is 0.128 e. The maximum absolute atomic E-state index is 2.48. The normalized spacial score (nSPS) is 27.2. The topological polar surface area (TPSA) is 0 Å². The first kappa shape index (κ1) is 15.5. The Bertz CT molecular complexity index is 194. The van der Waals surface area contributed by atoms with Gasteiger partial charge in [-0.05, 0) is 38.5 Å². The van der Waals surface area contributed by atoms with Crippen LogP contribution in [-0.4, -0.2) is 62.3 Å². The van der Waals surface area contributed by atoms with Crippen LogP contribution in [0, 0.1) is 0 Å². The Kier molecular flexibility index (Phi) is 5.94. The number of quaternary nitrogens is 2. The van der Waals surface area contributed by atoms with E-state index in [9.17, 15) is 0 Å². The number of likely N-dealkylation sites (tertiary alicyclic amines) is 2. The summed E-state index contributed by atoms with van der Waals surface area (Å²) in [7, 11) is 4.96. The standard InChI is InChI=1S/C14H30N2.BrH/c1-15(9-5-3-6-10-15)13-14-16(2)11-7-4-8-12-16;/h3-14H2,1-2H3;1H/q+2;/p-1. The summed E-state index contributed by atoms with van der Waals surface area (Å²) in [4.78, 5) is 0.